The maximum Gasteiger partial charge on any atom is 0.341 e. The Morgan fingerprint density at radius 1 is 1.14 bits per heavy atom. The predicted octanol–water partition coefficient (Wildman–Crippen LogP) is 6.10. The minimum Gasteiger partial charge on any atom is -0.482 e. The fourth-order valence-electron chi connectivity index (χ4n) is 4.29. The van der Waals surface area contributed by atoms with Crippen molar-refractivity contribution in [1.82, 2.24) is 5.32 Å². The molecule has 0 aromatic heterocycles. The number of fused-ring (bicyclic) bond motifs is 1. The van der Waals surface area contributed by atoms with Crippen LogP contribution in [0.3, 0.4) is 0 Å². The molecular formula is C26H25Cl2NO5S. The van der Waals surface area contributed by atoms with Crippen molar-refractivity contribution >= 4 is 40.3 Å². The van der Waals surface area contributed by atoms with Gasteiger partial charge in [-0.1, -0.05) is 47.5 Å². The van der Waals surface area contributed by atoms with Gasteiger partial charge >= 0.3 is 5.97 Å². The van der Waals surface area contributed by atoms with Gasteiger partial charge in [0.15, 0.2) is 17.7 Å². The molecule has 6 nitrogen and oxygen atoms in total. The summed E-state index contributed by atoms with van der Waals surface area (Å²) in [5, 5.41) is 13.2. The second-order valence-corrected chi connectivity index (χ2v) is 10.2. The highest BCUT2D eigenvalue weighted by Gasteiger charge is 2.23. The lowest BCUT2D eigenvalue weighted by Crippen LogP contribution is -2.28. The normalized spacial score (nSPS) is 15.9. The van der Waals surface area contributed by atoms with E-state index in [1.807, 2.05) is 43.3 Å². The Morgan fingerprint density at radius 3 is 2.71 bits per heavy atom. The van der Waals surface area contributed by atoms with Crippen LogP contribution in [0, 0.1) is 6.92 Å². The molecule has 1 unspecified atom stereocenters. The molecular weight excluding hydrogens is 509 g/mol. The molecule has 0 heterocycles. The van der Waals surface area contributed by atoms with Gasteiger partial charge in [-0.3, -0.25) is 9.50 Å². The number of aliphatic carboxylic acids is 1. The summed E-state index contributed by atoms with van der Waals surface area (Å²) in [7, 11) is 0. The average Bonchev–Trinajstić information content (AvgIpc) is 2.84. The van der Waals surface area contributed by atoms with E-state index in [0.717, 1.165) is 47.1 Å². The molecule has 0 fully saturated rings. The Balaban J connectivity index is 1.39. The third kappa shape index (κ3) is 6.23. The smallest absolute Gasteiger partial charge is 0.341 e. The zero-order chi connectivity index (χ0) is 24.9. The van der Waals surface area contributed by atoms with E-state index in [0.29, 0.717) is 20.7 Å². The summed E-state index contributed by atoms with van der Waals surface area (Å²) in [4.78, 5) is 11.4. The zero-order valence-corrected chi connectivity index (χ0v) is 21.4. The molecule has 2 N–H and O–H groups in total. The van der Waals surface area contributed by atoms with Gasteiger partial charge in [0.05, 0.1) is 14.9 Å². The molecule has 0 spiro atoms. The second kappa shape index (κ2) is 11.5. The summed E-state index contributed by atoms with van der Waals surface area (Å²) < 4.78 is 23.8. The molecule has 184 valence electrons. The maximum atomic E-state index is 12.8. The van der Waals surface area contributed by atoms with Crippen molar-refractivity contribution in [3.8, 4) is 16.9 Å². The van der Waals surface area contributed by atoms with E-state index in [4.69, 9.17) is 37.2 Å². The van der Waals surface area contributed by atoms with Gasteiger partial charge in [-0.2, -0.15) is 0 Å². The van der Waals surface area contributed by atoms with Crippen LogP contribution in [0.25, 0.3) is 11.1 Å². The number of hydrogen-bond donors (Lipinski definition) is 2. The zero-order valence-electron chi connectivity index (χ0n) is 19.1. The van der Waals surface area contributed by atoms with Gasteiger partial charge in [-0.25, -0.2) is 9.00 Å². The lowest BCUT2D eigenvalue weighted by Gasteiger charge is -2.27. The van der Waals surface area contributed by atoms with Gasteiger partial charge in [0.1, 0.15) is 12.5 Å². The van der Waals surface area contributed by atoms with Gasteiger partial charge < -0.3 is 9.84 Å². The monoisotopic (exact) mass is 533 g/mol. The van der Waals surface area contributed by atoms with E-state index >= 15 is 0 Å². The molecule has 0 saturated carbocycles. The molecule has 1 aliphatic carbocycles. The van der Waals surface area contributed by atoms with E-state index in [1.54, 1.807) is 18.2 Å². The number of aryl methyl sites for hydroxylation is 1. The number of carboxylic acids is 1. The van der Waals surface area contributed by atoms with Crippen LogP contribution < -0.4 is 10.1 Å². The highest BCUT2D eigenvalue weighted by molar-refractivity contribution is 7.80. The van der Waals surface area contributed by atoms with Crippen LogP contribution in [-0.2, 0) is 26.5 Å². The summed E-state index contributed by atoms with van der Waals surface area (Å²) in [6, 6.07) is 16.6. The van der Waals surface area contributed by atoms with Crippen LogP contribution in [-0.4, -0.2) is 28.6 Å². The van der Waals surface area contributed by atoms with Gasteiger partial charge in [0, 0.05) is 6.04 Å². The van der Waals surface area contributed by atoms with Gasteiger partial charge in [0.2, 0.25) is 0 Å². The fraction of sp³-hybridized carbons (Fsp3) is 0.269. The third-order valence-electron chi connectivity index (χ3n) is 5.93. The molecule has 0 radical (unpaired) electrons. The molecule has 3 aromatic rings. The number of benzene rings is 3. The number of rotatable bonds is 9. The fourth-order valence-corrected chi connectivity index (χ4v) is 5.35. The van der Waals surface area contributed by atoms with Crippen LogP contribution in [0.2, 0.25) is 10.0 Å². The number of carboxylic acid groups (broad SMARTS) is 1. The standard InChI is InChI=1S/C26H25Cl2NO5S/c1-16-12-18(9-10-19(16)17-8-11-22(27)23(28)13-17)35(32)34-15-29-24-6-2-5-21-20(24)4-3-7-25(21)33-14-26(30)31/h3-4,7-13,24,29H,2,5-6,14-15H2,1H3,(H,30,31)/t24-,35?/m1/s1. The van der Waals surface area contributed by atoms with E-state index in [9.17, 15) is 9.00 Å². The maximum absolute atomic E-state index is 12.8. The van der Waals surface area contributed by atoms with Crippen molar-refractivity contribution in [1.29, 1.82) is 0 Å². The van der Waals surface area contributed by atoms with E-state index in [2.05, 4.69) is 5.32 Å². The average molecular weight is 534 g/mol. The molecule has 35 heavy (non-hydrogen) atoms. The molecule has 2 atom stereocenters. The van der Waals surface area contributed by atoms with E-state index < -0.39 is 17.0 Å². The van der Waals surface area contributed by atoms with E-state index in [1.165, 1.54) is 0 Å². The highest BCUT2D eigenvalue weighted by Crippen LogP contribution is 2.35. The second-order valence-electron chi connectivity index (χ2n) is 8.26. The molecule has 0 amide bonds. The number of hydrogen-bond acceptors (Lipinski definition) is 5. The SMILES string of the molecule is Cc1cc(S(=O)OCN[C@@H]2CCCc3c(OCC(=O)O)cccc32)ccc1-c1ccc(Cl)c(Cl)c1. The van der Waals surface area contributed by atoms with Gasteiger partial charge in [-0.15, -0.1) is 0 Å². The molecule has 1 aliphatic rings. The van der Waals surface area contributed by atoms with Crippen molar-refractivity contribution < 1.29 is 23.0 Å². The Hall–Kier alpha value is -2.42. The Kier molecular flexibility index (Phi) is 8.46. The van der Waals surface area contributed by atoms with Crippen LogP contribution in [0.4, 0.5) is 0 Å². The quantitative estimate of drug-likeness (QED) is 0.323. The van der Waals surface area contributed by atoms with Crippen LogP contribution >= 0.6 is 23.2 Å². The molecule has 3 aromatic carbocycles. The highest BCUT2D eigenvalue weighted by atomic mass is 35.5. The van der Waals surface area contributed by atoms with Crippen LogP contribution in [0.5, 0.6) is 5.75 Å². The molecule has 0 bridgehead atoms. The Morgan fingerprint density at radius 2 is 1.97 bits per heavy atom. The van der Waals surface area contributed by atoms with Gasteiger partial charge in [0.25, 0.3) is 0 Å². The first kappa shape index (κ1) is 25.7. The first-order valence-electron chi connectivity index (χ1n) is 11.1. The Bertz CT molecular complexity index is 1270. The number of halogens is 2. The Labute approximate surface area is 216 Å². The third-order valence-corrected chi connectivity index (χ3v) is 7.64. The van der Waals surface area contributed by atoms with Crippen molar-refractivity contribution in [2.45, 2.75) is 37.1 Å². The number of nitrogens with one attached hydrogen (secondary N) is 1. The first-order valence-corrected chi connectivity index (χ1v) is 13.0. The summed E-state index contributed by atoms with van der Waals surface area (Å²) in [5.41, 5.74) is 4.91. The summed E-state index contributed by atoms with van der Waals surface area (Å²) in [6.07, 6.45) is 2.64. The molecule has 0 aliphatic heterocycles. The summed E-state index contributed by atoms with van der Waals surface area (Å²) >= 11 is 10.5. The molecule has 4 rings (SSSR count). The predicted molar refractivity (Wildman–Crippen MR) is 137 cm³/mol. The van der Waals surface area contributed by atoms with E-state index in [-0.39, 0.29) is 19.4 Å². The van der Waals surface area contributed by atoms with Crippen molar-refractivity contribution in [3.05, 3.63) is 81.3 Å². The van der Waals surface area contributed by atoms with Crippen molar-refractivity contribution in [2.24, 2.45) is 0 Å². The van der Waals surface area contributed by atoms with Gasteiger partial charge in [-0.05, 0) is 84.3 Å². The molecule has 9 heteroatoms. The number of carbonyl (C=O) groups is 1. The van der Waals surface area contributed by atoms with Crippen molar-refractivity contribution in [3.63, 3.8) is 0 Å². The lowest BCUT2D eigenvalue weighted by atomic mass is 9.87. The first-order chi connectivity index (χ1) is 16.8. The minimum atomic E-state index is -1.64. The molecule has 0 saturated heterocycles. The summed E-state index contributed by atoms with van der Waals surface area (Å²) in [5.74, 6) is -0.414. The largest absolute Gasteiger partial charge is 0.482 e. The van der Waals surface area contributed by atoms with Crippen LogP contribution in [0.1, 0.15) is 35.6 Å². The number of ether oxygens (including phenoxy) is 1. The van der Waals surface area contributed by atoms with Crippen molar-refractivity contribution in [2.75, 3.05) is 13.3 Å². The minimum absolute atomic E-state index is 0.00268. The summed E-state index contributed by atoms with van der Waals surface area (Å²) in [6.45, 7) is 1.67. The topological polar surface area (TPSA) is 84.9 Å². The van der Waals surface area contributed by atoms with Crippen LogP contribution in [0.15, 0.2) is 59.5 Å². The lowest BCUT2D eigenvalue weighted by molar-refractivity contribution is -0.139.